The monoisotopic (exact) mass is 629 g/mol. The molecule has 0 atom stereocenters. The zero-order valence-corrected chi connectivity index (χ0v) is 26.2. The highest BCUT2D eigenvalue weighted by Crippen LogP contribution is 2.49. The van der Waals surface area contributed by atoms with Crippen LogP contribution in [0, 0.1) is 0 Å². The van der Waals surface area contributed by atoms with Crippen LogP contribution < -0.4 is 0 Å². The Morgan fingerprint density at radius 2 is 0.980 bits per heavy atom. The van der Waals surface area contributed by atoms with Crippen LogP contribution in [0.15, 0.2) is 186 Å². The molecule has 9 aromatic carbocycles. The van der Waals surface area contributed by atoms with E-state index in [1.165, 1.54) is 0 Å². The molecule has 0 radical (unpaired) electrons. The predicted molar refractivity (Wildman–Crippen MR) is 208 cm³/mol. The van der Waals surface area contributed by atoms with Crippen LogP contribution in [0.2, 0.25) is 0 Å². The van der Waals surface area contributed by atoms with Crippen molar-refractivity contribution in [1.29, 1.82) is 0 Å². The van der Waals surface area contributed by atoms with Crippen LogP contribution in [0.5, 0.6) is 0 Å². The molecule has 49 heavy (non-hydrogen) atoms. The van der Waals surface area contributed by atoms with Crippen molar-refractivity contribution in [2.45, 2.75) is 0 Å². The molecule has 10 rings (SSSR count). The van der Waals surface area contributed by atoms with E-state index in [2.05, 4.69) is 6.07 Å². The van der Waals surface area contributed by atoms with E-state index in [9.17, 15) is 6.85 Å². The van der Waals surface area contributed by atoms with Crippen molar-refractivity contribution in [3.05, 3.63) is 182 Å². The number of benzene rings is 9. The summed E-state index contributed by atoms with van der Waals surface area (Å²) in [5.74, 6) is 0. The quantitative estimate of drug-likeness (QED) is 0.177. The summed E-state index contributed by atoms with van der Waals surface area (Å²) in [6.07, 6.45) is 0. The summed E-state index contributed by atoms with van der Waals surface area (Å²) in [5.41, 5.74) is 5.77. The maximum absolute atomic E-state index is 10.1. The maximum Gasteiger partial charge on any atom is 0.136 e. The van der Waals surface area contributed by atoms with Crippen LogP contribution in [-0.2, 0) is 0 Å². The third kappa shape index (κ3) is 4.40. The highest BCUT2D eigenvalue weighted by atomic mass is 16.3. The van der Waals surface area contributed by atoms with Crippen LogP contribution in [0.4, 0.5) is 0 Å². The third-order valence-corrected chi connectivity index (χ3v) is 9.48. The number of fused-ring (bicyclic) bond motifs is 6. The predicted octanol–water partition coefficient (Wildman–Crippen LogP) is 13.7. The van der Waals surface area contributed by atoms with Crippen LogP contribution in [0.1, 0.15) is 9.60 Å². The Kier molecular flexibility index (Phi) is 4.85. The average molecular weight is 630 g/mol. The van der Waals surface area contributed by atoms with Gasteiger partial charge in [0, 0.05) is 10.8 Å². The van der Waals surface area contributed by atoms with E-state index in [-0.39, 0.29) is 51.9 Å². The lowest BCUT2D eigenvalue weighted by atomic mass is 9.82. The molecule has 0 aliphatic rings. The molecular weight excluding hydrogens is 593 g/mol. The van der Waals surface area contributed by atoms with Crippen molar-refractivity contribution in [2.24, 2.45) is 0 Å². The smallest absolute Gasteiger partial charge is 0.136 e. The standard InChI is InChI=1S/C48H30O/c1-3-14-31(15-4-1)35-26-27-40-42(28-35)47(37-21-10-9-20-36(37)32-16-5-2-6-17-32)39-23-12-11-22-38(39)46(40)41-24-13-25-44-48(41)43-29-33-18-7-8-19-34(33)30-45(43)49-44/h1-30H/i11D,12D,22D,23D,26D,27D,28D. The first-order chi connectivity index (χ1) is 27.2. The first-order valence-corrected chi connectivity index (χ1v) is 16.3. The summed E-state index contributed by atoms with van der Waals surface area (Å²) in [6.45, 7) is 0. The van der Waals surface area contributed by atoms with Gasteiger partial charge in [0.15, 0.2) is 0 Å². The lowest BCUT2D eigenvalue weighted by Crippen LogP contribution is -1.93. The normalized spacial score (nSPS) is 13.7. The van der Waals surface area contributed by atoms with Gasteiger partial charge < -0.3 is 4.42 Å². The third-order valence-electron chi connectivity index (χ3n) is 9.48. The van der Waals surface area contributed by atoms with Gasteiger partial charge >= 0.3 is 0 Å². The molecule has 1 aromatic heterocycles. The fourth-order valence-corrected chi connectivity index (χ4v) is 7.30. The maximum atomic E-state index is 10.1. The highest BCUT2D eigenvalue weighted by Gasteiger charge is 2.22. The molecular formula is C48H30O. The molecule has 0 bridgehead atoms. The van der Waals surface area contributed by atoms with Gasteiger partial charge in [0.05, 0.1) is 9.60 Å². The molecule has 228 valence electrons. The van der Waals surface area contributed by atoms with Crippen LogP contribution in [0.3, 0.4) is 0 Å². The highest BCUT2D eigenvalue weighted by molar-refractivity contribution is 6.27. The molecule has 0 spiro atoms. The lowest BCUT2D eigenvalue weighted by Gasteiger charge is -2.21. The van der Waals surface area contributed by atoms with Gasteiger partial charge in [-0.15, -0.1) is 0 Å². The largest absolute Gasteiger partial charge is 0.456 e. The SMILES string of the molecule is [2H]c1c([2H])c([2H])c2c(-c3cccc4oc5cc6ccccc6cc5c34)c3c([2H])c([2H])c(-c4ccccc4)c([2H])c3c(-c3ccccc3-c3ccccc3)c2c1[2H]. The van der Waals surface area contributed by atoms with E-state index >= 15 is 0 Å². The number of rotatable bonds is 4. The van der Waals surface area contributed by atoms with Gasteiger partial charge in [-0.2, -0.15) is 0 Å². The summed E-state index contributed by atoms with van der Waals surface area (Å²) < 4.78 is 73.2. The Bertz CT molecular complexity index is 3260. The average Bonchev–Trinajstić information content (AvgIpc) is 3.60. The van der Waals surface area contributed by atoms with Crippen molar-refractivity contribution >= 4 is 54.3 Å². The Morgan fingerprint density at radius 1 is 0.388 bits per heavy atom. The van der Waals surface area contributed by atoms with Crippen LogP contribution in [0.25, 0.3) is 98.8 Å². The van der Waals surface area contributed by atoms with Crippen molar-refractivity contribution < 1.29 is 14.0 Å². The Labute approximate surface area is 294 Å². The van der Waals surface area contributed by atoms with E-state index < -0.39 is 12.1 Å². The molecule has 1 nitrogen and oxygen atoms in total. The molecule has 0 saturated heterocycles. The van der Waals surface area contributed by atoms with Crippen molar-refractivity contribution in [3.8, 4) is 44.5 Å². The summed E-state index contributed by atoms with van der Waals surface area (Å²) in [7, 11) is 0. The fourth-order valence-electron chi connectivity index (χ4n) is 7.30. The van der Waals surface area contributed by atoms with Crippen molar-refractivity contribution in [2.75, 3.05) is 0 Å². The molecule has 0 fully saturated rings. The van der Waals surface area contributed by atoms with E-state index in [0.29, 0.717) is 49.8 Å². The molecule has 0 N–H and O–H groups in total. The van der Waals surface area contributed by atoms with Crippen LogP contribution >= 0.6 is 0 Å². The Morgan fingerprint density at radius 3 is 1.73 bits per heavy atom. The fraction of sp³-hybridized carbons (Fsp3) is 0. The minimum Gasteiger partial charge on any atom is -0.456 e. The number of hydrogen-bond acceptors (Lipinski definition) is 1. The van der Waals surface area contributed by atoms with Gasteiger partial charge in [0.2, 0.25) is 0 Å². The first kappa shape index (κ1) is 21.4. The van der Waals surface area contributed by atoms with E-state index in [1.807, 2.05) is 133 Å². The van der Waals surface area contributed by atoms with Gasteiger partial charge in [-0.25, -0.2) is 0 Å². The minimum atomic E-state index is -0.412. The Balaban J connectivity index is 1.50. The minimum absolute atomic E-state index is 0.00385. The molecule has 0 saturated carbocycles. The molecule has 1 heterocycles. The molecule has 10 aromatic rings. The molecule has 0 unspecified atom stereocenters. The zero-order chi connectivity index (χ0) is 38.4. The summed E-state index contributed by atoms with van der Waals surface area (Å²) >= 11 is 0. The second-order valence-corrected chi connectivity index (χ2v) is 12.3. The summed E-state index contributed by atoms with van der Waals surface area (Å²) in [5, 5.41) is 4.56. The van der Waals surface area contributed by atoms with E-state index in [1.54, 1.807) is 0 Å². The van der Waals surface area contributed by atoms with E-state index in [0.717, 1.165) is 27.3 Å². The molecule has 1 heteroatoms. The number of furan rings is 1. The summed E-state index contributed by atoms with van der Waals surface area (Å²) in [6, 6.07) is 42.7. The summed E-state index contributed by atoms with van der Waals surface area (Å²) in [4.78, 5) is 0. The second-order valence-electron chi connectivity index (χ2n) is 12.3. The topological polar surface area (TPSA) is 13.1 Å². The molecule has 0 aliphatic carbocycles. The molecule has 0 amide bonds. The van der Waals surface area contributed by atoms with Crippen LogP contribution in [-0.4, -0.2) is 0 Å². The van der Waals surface area contributed by atoms with Crippen molar-refractivity contribution in [1.82, 2.24) is 0 Å². The first-order valence-electron chi connectivity index (χ1n) is 19.8. The van der Waals surface area contributed by atoms with Gasteiger partial charge in [0.25, 0.3) is 0 Å². The van der Waals surface area contributed by atoms with E-state index in [4.69, 9.17) is 7.16 Å². The van der Waals surface area contributed by atoms with Gasteiger partial charge in [-0.05, 0) is 101 Å². The lowest BCUT2D eigenvalue weighted by molar-refractivity contribution is 0.669. The van der Waals surface area contributed by atoms with Crippen molar-refractivity contribution in [3.63, 3.8) is 0 Å². The second kappa shape index (κ2) is 11.1. The molecule has 0 aliphatic heterocycles. The van der Waals surface area contributed by atoms with Gasteiger partial charge in [-0.3, -0.25) is 0 Å². The number of hydrogen-bond donors (Lipinski definition) is 0. The van der Waals surface area contributed by atoms with Gasteiger partial charge in [0.1, 0.15) is 11.2 Å². The van der Waals surface area contributed by atoms with Gasteiger partial charge in [-0.1, -0.05) is 158 Å². The zero-order valence-electron chi connectivity index (χ0n) is 33.2. The Hall–Kier alpha value is -6.44.